The molecule has 0 spiro atoms. The monoisotopic (exact) mass is 291 g/mol. The summed E-state index contributed by atoms with van der Waals surface area (Å²) >= 11 is 5.15. The van der Waals surface area contributed by atoms with Crippen molar-refractivity contribution in [1.29, 1.82) is 0 Å². The van der Waals surface area contributed by atoms with Crippen molar-refractivity contribution in [3.63, 3.8) is 0 Å². The van der Waals surface area contributed by atoms with E-state index in [2.05, 4.69) is 27.3 Å². The summed E-state index contributed by atoms with van der Waals surface area (Å²) in [5.74, 6) is 0.264. The zero-order valence-electron chi connectivity index (χ0n) is 9.38. The second-order valence-electron chi connectivity index (χ2n) is 4.32. The van der Waals surface area contributed by atoms with Crippen molar-refractivity contribution in [1.82, 2.24) is 5.32 Å². The molecule has 2 nitrogen and oxygen atoms in total. The average molecular weight is 292 g/mol. The van der Waals surface area contributed by atoms with Crippen LogP contribution in [0.15, 0.2) is 15.9 Å². The van der Waals surface area contributed by atoms with Gasteiger partial charge in [-0.25, -0.2) is 0 Å². The molecule has 0 saturated heterocycles. The Bertz CT molecular complexity index is 309. The molecular formula is C11H18BrNOS. The van der Waals surface area contributed by atoms with E-state index >= 15 is 0 Å². The van der Waals surface area contributed by atoms with Gasteiger partial charge >= 0.3 is 0 Å². The first kappa shape index (κ1) is 13.2. The summed E-state index contributed by atoms with van der Waals surface area (Å²) in [6.07, 6.45) is 0. The summed E-state index contributed by atoms with van der Waals surface area (Å²) in [6.45, 7) is 7.38. The van der Waals surface area contributed by atoms with Gasteiger partial charge in [0.15, 0.2) is 0 Å². The van der Waals surface area contributed by atoms with E-state index in [0.29, 0.717) is 6.54 Å². The predicted octanol–water partition coefficient (Wildman–Crippen LogP) is 3.01. The van der Waals surface area contributed by atoms with Crippen LogP contribution >= 0.6 is 27.3 Å². The maximum absolute atomic E-state index is 10.0. The molecule has 1 aromatic rings. The molecule has 4 heteroatoms. The van der Waals surface area contributed by atoms with E-state index in [1.54, 1.807) is 11.3 Å². The Kier molecular flexibility index (Phi) is 4.77. The first-order valence-electron chi connectivity index (χ1n) is 5.09. The van der Waals surface area contributed by atoms with Gasteiger partial charge in [0.1, 0.15) is 0 Å². The summed E-state index contributed by atoms with van der Waals surface area (Å²) in [5.41, 5.74) is -0.630. The molecule has 1 rings (SSSR count). The molecule has 0 fully saturated rings. The van der Waals surface area contributed by atoms with Crippen molar-refractivity contribution in [2.75, 3.05) is 6.54 Å². The normalized spacial score (nSPS) is 15.6. The highest BCUT2D eigenvalue weighted by molar-refractivity contribution is 9.11. The van der Waals surface area contributed by atoms with Gasteiger partial charge in [-0.2, -0.15) is 0 Å². The third kappa shape index (κ3) is 4.23. The molecular weight excluding hydrogens is 274 g/mol. The van der Waals surface area contributed by atoms with E-state index in [9.17, 15) is 5.11 Å². The lowest BCUT2D eigenvalue weighted by molar-refractivity contribution is 0.0140. The van der Waals surface area contributed by atoms with Gasteiger partial charge in [0.05, 0.1) is 9.39 Å². The third-order valence-corrected chi connectivity index (χ3v) is 4.28. The largest absolute Gasteiger partial charge is 0.389 e. The number of aliphatic hydroxyl groups is 1. The Morgan fingerprint density at radius 2 is 2.20 bits per heavy atom. The highest BCUT2D eigenvalue weighted by atomic mass is 79.9. The highest BCUT2D eigenvalue weighted by Crippen LogP contribution is 2.22. The lowest BCUT2D eigenvalue weighted by atomic mass is 9.93. The van der Waals surface area contributed by atoms with E-state index in [0.717, 1.165) is 10.3 Å². The zero-order valence-corrected chi connectivity index (χ0v) is 11.8. The maximum Gasteiger partial charge on any atom is 0.0766 e. The fraction of sp³-hybridized carbons (Fsp3) is 0.636. The van der Waals surface area contributed by atoms with Gasteiger partial charge in [0.2, 0.25) is 0 Å². The van der Waals surface area contributed by atoms with Crippen LogP contribution in [0.25, 0.3) is 0 Å². The molecule has 15 heavy (non-hydrogen) atoms. The molecule has 1 atom stereocenters. The fourth-order valence-electron chi connectivity index (χ4n) is 1.09. The van der Waals surface area contributed by atoms with Crippen molar-refractivity contribution >= 4 is 27.3 Å². The number of halogens is 1. The molecule has 1 heterocycles. The lowest BCUT2D eigenvalue weighted by Gasteiger charge is -2.27. The van der Waals surface area contributed by atoms with Gasteiger partial charge in [-0.15, -0.1) is 11.3 Å². The van der Waals surface area contributed by atoms with Crippen molar-refractivity contribution in [3.05, 3.63) is 20.8 Å². The third-order valence-electron chi connectivity index (χ3n) is 2.65. The number of thiophene rings is 1. The molecule has 1 aromatic heterocycles. The van der Waals surface area contributed by atoms with Crippen LogP contribution in [-0.2, 0) is 6.54 Å². The molecule has 0 aliphatic carbocycles. The van der Waals surface area contributed by atoms with Crippen molar-refractivity contribution < 1.29 is 5.11 Å². The molecule has 86 valence electrons. The summed E-state index contributed by atoms with van der Waals surface area (Å²) in [6, 6.07) is 4.13. The molecule has 0 aliphatic rings. The van der Waals surface area contributed by atoms with Crippen LogP contribution in [0, 0.1) is 5.92 Å². The predicted molar refractivity (Wildman–Crippen MR) is 69.2 cm³/mol. The van der Waals surface area contributed by atoms with E-state index in [1.807, 2.05) is 26.8 Å². The van der Waals surface area contributed by atoms with Crippen molar-refractivity contribution in [2.45, 2.75) is 32.9 Å². The number of hydrogen-bond donors (Lipinski definition) is 2. The number of hydrogen-bond acceptors (Lipinski definition) is 3. The summed E-state index contributed by atoms with van der Waals surface area (Å²) in [5, 5.41) is 13.3. The Hall–Kier alpha value is 0.1000. The second-order valence-corrected chi connectivity index (χ2v) is 6.87. The summed E-state index contributed by atoms with van der Waals surface area (Å²) in [4.78, 5) is 1.28. The molecule has 0 aliphatic heterocycles. The fourth-order valence-corrected chi connectivity index (χ4v) is 2.54. The topological polar surface area (TPSA) is 32.3 Å². The molecule has 0 radical (unpaired) electrons. The summed E-state index contributed by atoms with van der Waals surface area (Å²) in [7, 11) is 0. The minimum atomic E-state index is -0.630. The van der Waals surface area contributed by atoms with E-state index < -0.39 is 5.60 Å². The van der Waals surface area contributed by atoms with Crippen LogP contribution in [0.2, 0.25) is 0 Å². The smallest absolute Gasteiger partial charge is 0.0766 e. The van der Waals surface area contributed by atoms with E-state index in [4.69, 9.17) is 0 Å². The van der Waals surface area contributed by atoms with Crippen LogP contribution in [0.4, 0.5) is 0 Å². The van der Waals surface area contributed by atoms with E-state index in [1.165, 1.54) is 4.88 Å². The van der Waals surface area contributed by atoms with E-state index in [-0.39, 0.29) is 5.92 Å². The van der Waals surface area contributed by atoms with Crippen molar-refractivity contribution in [2.24, 2.45) is 5.92 Å². The Morgan fingerprint density at radius 1 is 1.53 bits per heavy atom. The van der Waals surface area contributed by atoms with Crippen molar-refractivity contribution in [3.8, 4) is 0 Å². The van der Waals surface area contributed by atoms with Crippen LogP contribution in [0.3, 0.4) is 0 Å². The quantitative estimate of drug-likeness (QED) is 0.874. The first-order chi connectivity index (χ1) is 6.92. The molecule has 0 amide bonds. The van der Waals surface area contributed by atoms with Crippen LogP contribution in [-0.4, -0.2) is 17.3 Å². The van der Waals surface area contributed by atoms with Gasteiger partial charge < -0.3 is 10.4 Å². The number of rotatable bonds is 5. The van der Waals surface area contributed by atoms with Gasteiger partial charge in [0, 0.05) is 18.0 Å². The Morgan fingerprint density at radius 3 is 2.67 bits per heavy atom. The minimum Gasteiger partial charge on any atom is -0.389 e. The SMILES string of the molecule is CC(C)C(C)(O)CNCc1ccc(Br)s1. The molecule has 1 unspecified atom stereocenters. The Labute approximate surface area is 104 Å². The molecule has 0 saturated carbocycles. The Balaban J connectivity index is 2.33. The van der Waals surface area contributed by atoms with Crippen LogP contribution in [0.1, 0.15) is 25.6 Å². The molecule has 0 bridgehead atoms. The van der Waals surface area contributed by atoms with Gasteiger partial charge in [-0.1, -0.05) is 13.8 Å². The van der Waals surface area contributed by atoms with Gasteiger partial charge in [-0.05, 0) is 40.9 Å². The van der Waals surface area contributed by atoms with Crippen LogP contribution in [0.5, 0.6) is 0 Å². The van der Waals surface area contributed by atoms with Gasteiger partial charge in [-0.3, -0.25) is 0 Å². The molecule has 0 aromatic carbocycles. The lowest BCUT2D eigenvalue weighted by Crippen LogP contribution is -2.41. The number of nitrogens with one attached hydrogen (secondary N) is 1. The van der Waals surface area contributed by atoms with Gasteiger partial charge in [0.25, 0.3) is 0 Å². The minimum absolute atomic E-state index is 0.264. The molecule has 2 N–H and O–H groups in total. The average Bonchev–Trinajstić information content (AvgIpc) is 2.51. The second kappa shape index (κ2) is 5.43. The zero-order chi connectivity index (χ0) is 11.5. The van der Waals surface area contributed by atoms with Crippen LogP contribution < -0.4 is 5.32 Å². The summed E-state index contributed by atoms with van der Waals surface area (Å²) < 4.78 is 1.15. The maximum atomic E-state index is 10.0. The highest BCUT2D eigenvalue weighted by Gasteiger charge is 2.23. The standard InChI is InChI=1S/C11H18BrNOS/c1-8(2)11(3,14)7-13-6-9-4-5-10(12)15-9/h4-5,8,13-14H,6-7H2,1-3H3. The first-order valence-corrected chi connectivity index (χ1v) is 6.70.